The lowest BCUT2D eigenvalue weighted by molar-refractivity contribution is -0.121. The van der Waals surface area contributed by atoms with Gasteiger partial charge in [0.25, 0.3) is 0 Å². The van der Waals surface area contributed by atoms with Crippen molar-refractivity contribution in [1.29, 1.82) is 0 Å². The summed E-state index contributed by atoms with van der Waals surface area (Å²) in [6.45, 7) is 9.09. The van der Waals surface area contributed by atoms with Crippen molar-refractivity contribution in [3.63, 3.8) is 0 Å². The first-order valence-corrected chi connectivity index (χ1v) is 9.03. The van der Waals surface area contributed by atoms with E-state index in [1.165, 1.54) is 0 Å². The van der Waals surface area contributed by atoms with Gasteiger partial charge in [-0.3, -0.25) is 4.79 Å². The number of primary amides is 1. The second kappa shape index (κ2) is 11.4. The van der Waals surface area contributed by atoms with Crippen LogP contribution in [0.4, 0.5) is 10.5 Å². The van der Waals surface area contributed by atoms with E-state index < -0.39 is 6.03 Å². The third-order valence-corrected chi connectivity index (χ3v) is 3.47. The molecule has 0 saturated carbocycles. The number of carbonyl (C=O) groups excluding carboxylic acids is 2. The van der Waals surface area contributed by atoms with Gasteiger partial charge in [-0.15, -0.1) is 0 Å². The van der Waals surface area contributed by atoms with Crippen molar-refractivity contribution in [3.05, 3.63) is 24.3 Å². The van der Waals surface area contributed by atoms with Gasteiger partial charge in [-0.05, 0) is 36.9 Å². The number of nitrogens with two attached hydrogens (primary N) is 1. The molecule has 0 atom stereocenters. The van der Waals surface area contributed by atoms with Crippen LogP contribution < -0.4 is 26.4 Å². The van der Waals surface area contributed by atoms with Gasteiger partial charge < -0.3 is 26.4 Å². The Bertz CT molecular complexity index is 570. The maximum absolute atomic E-state index is 11.7. The fourth-order valence-electron chi connectivity index (χ4n) is 2.16. The van der Waals surface area contributed by atoms with Crippen LogP contribution in [0.5, 0.6) is 5.75 Å². The van der Waals surface area contributed by atoms with Crippen molar-refractivity contribution in [1.82, 2.24) is 10.6 Å². The van der Waals surface area contributed by atoms with Gasteiger partial charge in [-0.1, -0.05) is 26.8 Å². The Hall–Kier alpha value is -2.28. The van der Waals surface area contributed by atoms with Crippen LogP contribution in [0.2, 0.25) is 0 Å². The number of benzene rings is 1. The average molecular weight is 364 g/mol. The second-order valence-electron chi connectivity index (χ2n) is 7.41. The zero-order valence-electron chi connectivity index (χ0n) is 16.1. The van der Waals surface area contributed by atoms with E-state index in [0.717, 1.165) is 19.4 Å². The molecule has 0 radical (unpaired) electrons. The summed E-state index contributed by atoms with van der Waals surface area (Å²) in [6.07, 6.45) is 2.37. The van der Waals surface area contributed by atoms with Crippen molar-refractivity contribution in [3.8, 4) is 5.75 Å². The third-order valence-electron chi connectivity index (χ3n) is 3.47. The molecular formula is C19H32N4O3. The van der Waals surface area contributed by atoms with Crippen LogP contribution in [0.3, 0.4) is 0 Å². The second-order valence-corrected chi connectivity index (χ2v) is 7.41. The highest BCUT2D eigenvalue weighted by atomic mass is 16.5. The first kappa shape index (κ1) is 21.8. The molecule has 0 aliphatic heterocycles. The molecule has 0 aliphatic rings. The summed E-state index contributed by atoms with van der Waals surface area (Å²) in [5.74, 6) is 0.793. The first-order valence-electron chi connectivity index (χ1n) is 9.03. The topological polar surface area (TPSA) is 105 Å². The predicted octanol–water partition coefficient (Wildman–Crippen LogP) is 2.48. The summed E-state index contributed by atoms with van der Waals surface area (Å²) in [5, 5.41) is 8.75. The zero-order valence-corrected chi connectivity index (χ0v) is 16.1. The summed E-state index contributed by atoms with van der Waals surface area (Å²) >= 11 is 0. The van der Waals surface area contributed by atoms with E-state index in [1.54, 1.807) is 18.2 Å². The molecule has 3 amide bonds. The Morgan fingerprint density at radius 3 is 2.62 bits per heavy atom. The van der Waals surface area contributed by atoms with Crippen LogP contribution in [0.25, 0.3) is 0 Å². The summed E-state index contributed by atoms with van der Waals surface area (Å²) < 4.78 is 5.62. The minimum Gasteiger partial charge on any atom is -0.492 e. The number of anilines is 1. The fraction of sp³-hybridized carbons (Fsp3) is 0.579. The van der Waals surface area contributed by atoms with Gasteiger partial charge in [0.2, 0.25) is 5.91 Å². The minimum atomic E-state index is -0.601. The average Bonchev–Trinajstić information content (AvgIpc) is 2.54. The maximum Gasteiger partial charge on any atom is 0.316 e. The van der Waals surface area contributed by atoms with E-state index in [1.807, 2.05) is 6.07 Å². The highest BCUT2D eigenvalue weighted by Crippen LogP contribution is 2.16. The van der Waals surface area contributed by atoms with Crippen LogP contribution in [0, 0.1) is 5.41 Å². The van der Waals surface area contributed by atoms with E-state index in [-0.39, 0.29) is 11.3 Å². The lowest BCUT2D eigenvalue weighted by Gasteiger charge is -2.18. The molecule has 0 aliphatic carbocycles. The van der Waals surface area contributed by atoms with Gasteiger partial charge in [0, 0.05) is 31.3 Å². The van der Waals surface area contributed by atoms with E-state index in [0.29, 0.717) is 37.6 Å². The molecule has 26 heavy (non-hydrogen) atoms. The smallest absolute Gasteiger partial charge is 0.316 e. The molecule has 7 nitrogen and oxygen atoms in total. The molecule has 5 N–H and O–H groups in total. The van der Waals surface area contributed by atoms with Crippen molar-refractivity contribution in [2.24, 2.45) is 11.1 Å². The van der Waals surface area contributed by atoms with Crippen LogP contribution in [0.1, 0.15) is 40.0 Å². The summed E-state index contributed by atoms with van der Waals surface area (Å²) in [7, 11) is 0. The summed E-state index contributed by atoms with van der Waals surface area (Å²) in [5.41, 5.74) is 5.80. The number of amides is 3. The van der Waals surface area contributed by atoms with Gasteiger partial charge in [-0.2, -0.15) is 0 Å². The van der Waals surface area contributed by atoms with E-state index in [4.69, 9.17) is 10.5 Å². The molecule has 0 unspecified atom stereocenters. The van der Waals surface area contributed by atoms with E-state index >= 15 is 0 Å². The van der Waals surface area contributed by atoms with Gasteiger partial charge in [0.1, 0.15) is 12.4 Å². The Balaban J connectivity index is 2.04. The lowest BCUT2D eigenvalue weighted by Crippen LogP contribution is -2.32. The van der Waals surface area contributed by atoms with Crippen LogP contribution in [-0.2, 0) is 4.79 Å². The molecule has 0 aromatic heterocycles. The number of hydrogen-bond donors (Lipinski definition) is 4. The Morgan fingerprint density at radius 1 is 1.15 bits per heavy atom. The van der Waals surface area contributed by atoms with Crippen LogP contribution in [0.15, 0.2) is 24.3 Å². The number of carbonyl (C=O) groups is 2. The molecule has 146 valence electrons. The van der Waals surface area contributed by atoms with Gasteiger partial charge in [0.05, 0.1) is 0 Å². The molecule has 7 heteroatoms. The van der Waals surface area contributed by atoms with Gasteiger partial charge in [0.15, 0.2) is 0 Å². The largest absolute Gasteiger partial charge is 0.492 e. The molecule has 1 rings (SSSR count). The zero-order chi connectivity index (χ0) is 19.4. The molecule has 0 bridgehead atoms. The highest BCUT2D eigenvalue weighted by molar-refractivity contribution is 5.87. The summed E-state index contributed by atoms with van der Waals surface area (Å²) in [6, 6.07) is 6.48. The van der Waals surface area contributed by atoms with Crippen LogP contribution in [-0.4, -0.2) is 38.2 Å². The quantitative estimate of drug-likeness (QED) is 0.453. The van der Waals surface area contributed by atoms with Crippen molar-refractivity contribution < 1.29 is 14.3 Å². The lowest BCUT2D eigenvalue weighted by atomic mass is 9.97. The van der Waals surface area contributed by atoms with E-state index in [9.17, 15) is 9.59 Å². The number of rotatable bonds is 11. The molecular weight excluding hydrogens is 332 g/mol. The predicted molar refractivity (Wildman–Crippen MR) is 104 cm³/mol. The molecule has 0 spiro atoms. The Morgan fingerprint density at radius 2 is 1.92 bits per heavy atom. The summed E-state index contributed by atoms with van der Waals surface area (Å²) in [4.78, 5) is 22.5. The first-order chi connectivity index (χ1) is 12.3. The standard InChI is InChI=1S/C19H32N4O3/c1-19(2,3)14-22-17(24)9-4-5-10-21-11-12-26-16-8-6-7-15(13-16)23-18(20)25/h6-8,13,21H,4-5,9-12,14H2,1-3H3,(H,22,24)(H3,20,23,25). The molecule has 1 aromatic rings. The number of hydrogen-bond acceptors (Lipinski definition) is 4. The van der Waals surface area contributed by atoms with Crippen LogP contribution >= 0.6 is 0 Å². The van der Waals surface area contributed by atoms with Crippen molar-refractivity contribution in [2.45, 2.75) is 40.0 Å². The number of ether oxygens (including phenoxy) is 1. The molecule has 1 aromatic carbocycles. The number of nitrogens with one attached hydrogen (secondary N) is 3. The van der Waals surface area contributed by atoms with Crippen molar-refractivity contribution in [2.75, 3.05) is 31.6 Å². The number of unbranched alkanes of at least 4 members (excludes halogenated alkanes) is 1. The molecule has 0 heterocycles. The Kier molecular flexibility index (Phi) is 9.51. The highest BCUT2D eigenvalue weighted by Gasteiger charge is 2.11. The molecule has 0 fully saturated rings. The Labute approximate surface area is 156 Å². The normalized spacial score (nSPS) is 11.0. The van der Waals surface area contributed by atoms with E-state index in [2.05, 4.69) is 36.7 Å². The van der Waals surface area contributed by atoms with Gasteiger partial charge in [-0.25, -0.2) is 4.79 Å². The fourth-order valence-corrected chi connectivity index (χ4v) is 2.16. The minimum absolute atomic E-state index is 0.118. The third kappa shape index (κ3) is 11.3. The molecule has 0 saturated heterocycles. The maximum atomic E-state index is 11.7. The number of urea groups is 1. The van der Waals surface area contributed by atoms with Gasteiger partial charge >= 0.3 is 6.03 Å². The SMILES string of the molecule is CC(C)(C)CNC(=O)CCCCNCCOc1cccc(NC(N)=O)c1. The monoisotopic (exact) mass is 364 g/mol. The van der Waals surface area contributed by atoms with Crippen molar-refractivity contribution >= 4 is 17.6 Å².